The molecule has 1 aliphatic heterocycles. The van der Waals surface area contributed by atoms with Crippen LogP contribution in [0.2, 0.25) is 10.0 Å². The number of hydrogen-bond donors (Lipinski definition) is 0. The van der Waals surface area contributed by atoms with Gasteiger partial charge in [0.25, 0.3) is 11.8 Å². The van der Waals surface area contributed by atoms with Crippen molar-refractivity contribution in [3.8, 4) is 11.5 Å². The van der Waals surface area contributed by atoms with E-state index in [0.29, 0.717) is 54.1 Å². The Morgan fingerprint density at radius 3 is 1.45 bits per heavy atom. The molecule has 154 valence electrons. The van der Waals surface area contributed by atoms with E-state index in [4.69, 9.17) is 32.7 Å². The first-order valence-electron chi connectivity index (χ1n) is 9.33. The van der Waals surface area contributed by atoms with Gasteiger partial charge in [-0.25, -0.2) is 0 Å². The number of halogens is 2. The first kappa shape index (κ1) is 21.3. The van der Waals surface area contributed by atoms with Crippen LogP contribution >= 0.6 is 23.2 Å². The fourth-order valence-corrected chi connectivity index (χ4v) is 3.20. The standard InChI is InChI=1S/C21H22Cl2N2O4/c22-16-2-6-18(7-3-16)28-14-20(26)24-10-1-11-25(13-12-24)21(27)15-29-19-8-4-17(23)5-9-19/h2-9H,1,10-15H2. The zero-order valence-corrected chi connectivity index (χ0v) is 17.4. The van der Waals surface area contributed by atoms with Crippen LogP contribution in [0.5, 0.6) is 11.5 Å². The molecule has 6 nitrogen and oxygen atoms in total. The lowest BCUT2D eigenvalue weighted by Gasteiger charge is -2.22. The molecule has 0 aliphatic carbocycles. The summed E-state index contributed by atoms with van der Waals surface area (Å²) in [4.78, 5) is 28.3. The quantitative estimate of drug-likeness (QED) is 0.694. The summed E-state index contributed by atoms with van der Waals surface area (Å²) in [5.41, 5.74) is 0. The van der Waals surface area contributed by atoms with Gasteiger partial charge in [0.15, 0.2) is 13.2 Å². The molecular weight excluding hydrogens is 415 g/mol. The maximum absolute atomic E-state index is 12.4. The first-order valence-corrected chi connectivity index (χ1v) is 10.1. The van der Waals surface area contributed by atoms with Gasteiger partial charge >= 0.3 is 0 Å². The van der Waals surface area contributed by atoms with E-state index in [1.54, 1.807) is 58.3 Å². The predicted molar refractivity (Wildman–Crippen MR) is 112 cm³/mol. The fraction of sp³-hybridized carbons (Fsp3) is 0.333. The molecule has 0 spiro atoms. The summed E-state index contributed by atoms with van der Waals surface area (Å²) < 4.78 is 11.1. The van der Waals surface area contributed by atoms with Gasteiger partial charge in [-0.15, -0.1) is 0 Å². The molecular formula is C21H22Cl2N2O4. The highest BCUT2D eigenvalue weighted by Gasteiger charge is 2.22. The van der Waals surface area contributed by atoms with Gasteiger partial charge in [-0.1, -0.05) is 23.2 Å². The van der Waals surface area contributed by atoms with Gasteiger partial charge < -0.3 is 19.3 Å². The third-order valence-corrected chi connectivity index (χ3v) is 5.06. The Kier molecular flexibility index (Phi) is 7.61. The Morgan fingerprint density at radius 1 is 0.690 bits per heavy atom. The normalized spacial score (nSPS) is 14.3. The van der Waals surface area contributed by atoms with Crippen molar-refractivity contribution in [1.29, 1.82) is 0 Å². The number of carbonyl (C=O) groups excluding carboxylic acids is 2. The average molecular weight is 437 g/mol. The van der Waals surface area contributed by atoms with Crippen molar-refractivity contribution < 1.29 is 19.1 Å². The van der Waals surface area contributed by atoms with Gasteiger partial charge in [-0.2, -0.15) is 0 Å². The number of amides is 2. The van der Waals surface area contributed by atoms with E-state index in [1.807, 2.05) is 0 Å². The fourth-order valence-electron chi connectivity index (χ4n) is 2.95. The van der Waals surface area contributed by atoms with Gasteiger partial charge in [-0.05, 0) is 55.0 Å². The summed E-state index contributed by atoms with van der Waals surface area (Å²) in [6.07, 6.45) is 0.708. The van der Waals surface area contributed by atoms with Gasteiger partial charge in [-0.3, -0.25) is 9.59 Å². The minimum atomic E-state index is -0.105. The first-order chi connectivity index (χ1) is 14.0. The minimum absolute atomic E-state index is 0.0464. The molecule has 0 unspecified atom stereocenters. The van der Waals surface area contributed by atoms with E-state index < -0.39 is 0 Å². The lowest BCUT2D eigenvalue weighted by Crippen LogP contribution is -2.40. The van der Waals surface area contributed by atoms with Gasteiger partial charge in [0, 0.05) is 36.2 Å². The molecule has 3 rings (SSSR count). The second-order valence-corrected chi connectivity index (χ2v) is 7.47. The van der Waals surface area contributed by atoms with Gasteiger partial charge in [0.2, 0.25) is 0 Å². The van der Waals surface area contributed by atoms with Gasteiger partial charge in [0.1, 0.15) is 11.5 Å². The van der Waals surface area contributed by atoms with Crippen LogP contribution in [0.1, 0.15) is 6.42 Å². The van der Waals surface area contributed by atoms with Crippen LogP contribution in [-0.4, -0.2) is 61.0 Å². The van der Waals surface area contributed by atoms with Crippen molar-refractivity contribution in [2.45, 2.75) is 6.42 Å². The third kappa shape index (κ3) is 6.54. The second kappa shape index (κ2) is 10.4. The minimum Gasteiger partial charge on any atom is -0.484 e. The molecule has 0 atom stereocenters. The summed E-state index contributed by atoms with van der Waals surface area (Å²) >= 11 is 11.7. The second-order valence-electron chi connectivity index (χ2n) is 6.60. The Bertz CT molecular complexity index is 758. The molecule has 0 bridgehead atoms. The molecule has 8 heteroatoms. The average Bonchev–Trinajstić information content (AvgIpc) is 2.99. The number of carbonyl (C=O) groups is 2. The number of benzene rings is 2. The molecule has 0 saturated carbocycles. The number of ether oxygens (including phenoxy) is 2. The Hall–Kier alpha value is -2.44. The van der Waals surface area contributed by atoms with E-state index in [1.165, 1.54) is 0 Å². The predicted octanol–water partition coefficient (Wildman–Crippen LogP) is 3.51. The molecule has 2 amide bonds. The van der Waals surface area contributed by atoms with E-state index in [2.05, 4.69) is 0 Å². The van der Waals surface area contributed by atoms with Crippen LogP contribution in [-0.2, 0) is 9.59 Å². The number of nitrogens with zero attached hydrogens (tertiary/aromatic N) is 2. The van der Waals surface area contributed by atoms with E-state index in [0.717, 1.165) is 0 Å². The van der Waals surface area contributed by atoms with Crippen molar-refractivity contribution >= 4 is 35.0 Å². The maximum atomic E-state index is 12.4. The van der Waals surface area contributed by atoms with Crippen molar-refractivity contribution in [3.05, 3.63) is 58.6 Å². The SMILES string of the molecule is O=C(COc1ccc(Cl)cc1)N1CCCN(C(=O)COc2ccc(Cl)cc2)CC1. The Morgan fingerprint density at radius 2 is 1.07 bits per heavy atom. The van der Waals surface area contributed by atoms with Gasteiger partial charge in [0.05, 0.1) is 0 Å². The van der Waals surface area contributed by atoms with E-state index in [-0.39, 0.29) is 25.0 Å². The van der Waals surface area contributed by atoms with Crippen LogP contribution < -0.4 is 9.47 Å². The molecule has 0 aromatic heterocycles. The number of hydrogen-bond acceptors (Lipinski definition) is 4. The molecule has 1 fully saturated rings. The summed E-state index contributed by atoms with van der Waals surface area (Å²) in [5.74, 6) is 0.973. The molecule has 29 heavy (non-hydrogen) atoms. The summed E-state index contributed by atoms with van der Waals surface area (Å²) in [6.45, 7) is 2.02. The largest absolute Gasteiger partial charge is 0.484 e. The highest BCUT2D eigenvalue weighted by atomic mass is 35.5. The van der Waals surface area contributed by atoms with E-state index in [9.17, 15) is 9.59 Å². The van der Waals surface area contributed by atoms with Crippen molar-refractivity contribution in [2.24, 2.45) is 0 Å². The monoisotopic (exact) mass is 436 g/mol. The maximum Gasteiger partial charge on any atom is 0.260 e. The van der Waals surface area contributed by atoms with Crippen LogP contribution in [0.3, 0.4) is 0 Å². The van der Waals surface area contributed by atoms with Crippen LogP contribution in [0.15, 0.2) is 48.5 Å². The zero-order chi connectivity index (χ0) is 20.6. The van der Waals surface area contributed by atoms with Crippen LogP contribution in [0, 0.1) is 0 Å². The highest BCUT2D eigenvalue weighted by molar-refractivity contribution is 6.30. The van der Waals surface area contributed by atoms with Crippen molar-refractivity contribution in [3.63, 3.8) is 0 Å². The smallest absolute Gasteiger partial charge is 0.260 e. The van der Waals surface area contributed by atoms with E-state index >= 15 is 0 Å². The Labute approximate surface area is 179 Å². The summed E-state index contributed by atoms with van der Waals surface area (Å²) in [5, 5.41) is 1.22. The van der Waals surface area contributed by atoms with Crippen molar-refractivity contribution in [1.82, 2.24) is 9.80 Å². The van der Waals surface area contributed by atoms with Crippen molar-refractivity contribution in [2.75, 3.05) is 39.4 Å². The topological polar surface area (TPSA) is 59.1 Å². The number of rotatable bonds is 6. The molecule has 1 aliphatic rings. The lowest BCUT2D eigenvalue weighted by molar-refractivity contribution is -0.135. The zero-order valence-electron chi connectivity index (χ0n) is 15.9. The Balaban J connectivity index is 1.43. The molecule has 2 aromatic carbocycles. The third-order valence-electron chi connectivity index (χ3n) is 4.55. The molecule has 0 N–H and O–H groups in total. The lowest BCUT2D eigenvalue weighted by atomic mass is 10.3. The highest BCUT2D eigenvalue weighted by Crippen LogP contribution is 2.17. The van der Waals surface area contributed by atoms with Crippen LogP contribution in [0.25, 0.3) is 0 Å². The summed E-state index contributed by atoms with van der Waals surface area (Å²) in [7, 11) is 0. The molecule has 2 aromatic rings. The van der Waals surface area contributed by atoms with Crippen LogP contribution in [0.4, 0.5) is 0 Å². The summed E-state index contributed by atoms with van der Waals surface area (Å²) in [6, 6.07) is 13.7. The molecule has 1 saturated heterocycles. The molecule has 1 heterocycles. The molecule has 0 radical (unpaired) electrons.